The molecule has 4 aromatic rings. The minimum atomic E-state index is -1.01. The standard InChI is InChI=1S/C28H27N3O5S/c1-18(16-25(32)27-29-13-15-37-27)30-24(28(33)34)17-20-8-10-22(11-9-20)35-14-12-23-19(2)36-26(31-23)21-6-4-3-5-7-21/h3-11,13,15-16,24,30H,12,14,17H2,1-2H3,(H,33,34)/b18-16+/t24-/m0/s1. The van der Waals surface area contributed by atoms with E-state index >= 15 is 0 Å². The second kappa shape index (κ2) is 12.1. The van der Waals surface area contributed by atoms with Crippen molar-refractivity contribution in [1.29, 1.82) is 0 Å². The molecule has 0 amide bonds. The van der Waals surface area contributed by atoms with Gasteiger partial charge < -0.3 is 19.6 Å². The number of aromatic nitrogens is 2. The summed E-state index contributed by atoms with van der Waals surface area (Å²) in [6, 6.07) is 16.2. The number of ether oxygens (including phenoxy) is 1. The van der Waals surface area contributed by atoms with Crippen LogP contribution in [0, 0.1) is 6.92 Å². The fourth-order valence-corrected chi connectivity index (χ4v) is 4.25. The Labute approximate surface area is 218 Å². The largest absolute Gasteiger partial charge is 0.493 e. The van der Waals surface area contributed by atoms with Gasteiger partial charge in [0.2, 0.25) is 11.7 Å². The molecule has 0 unspecified atom stereocenters. The molecule has 8 nitrogen and oxygen atoms in total. The van der Waals surface area contributed by atoms with Crippen molar-refractivity contribution in [2.45, 2.75) is 32.7 Å². The molecule has 2 N–H and O–H groups in total. The maximum Gasteiger partial charge on any atom is 0.326 e. The number of hydrogen-bond donors (Lipinski definition) is 2. The van der Waals surface area contributed by atoms with E-state index in [0.29, 0.717) is 35.4 Å². The summed E-state index contributed by atoms with van der Waals surface area (Å²) in [7, 11) is 0. The lowest BCUT2D eigenvalue weighted by Gasteiger charge is -2.16. The number of nitrogens with zero attached hydrogens (tertiary/aromatic N) is 2. The Morgan fingerprint density at radius 2 is 1.92 bits per heavy atom. The number of hydrogen-bond acceptors (Lipinski definition) is 8. The summed E-state index contributed by atoms with van der Waals surface area (Å²) in [5.74, 6) is 0.771. The number of carbonyl (C=O) groups excluding carboxylic acids is 1. The van der Waals surface area contributed by atoms with Gasteiger partial charge >= 0.3 is 5.97 Å². The maximum absolute atomic E-state index is 12.2. The van der Waals surface area contributed by atoms with E-state index < -0.39 is 12.0 Å². The van der Waals surface area contributed by atoms with Crippen LogP contribution in [-0.2, 0) is 17.6 Å². The van der Waals surface area contributed by atoms with E-state index in [1.54, 1.807) is 18.5 Å². The summed E-state index contributed by atoms with van der Waals surface area (Å²) in [5.41, 5.74) is 3.07. The van der Waals surface area contributed by atoms with Gasteiger partial charge in [0.25, 0.3) is 0 Å². The first-order valence-corrected chi connectivity index (χ1v) is 12.6. The van der Waals surface area contributed by atoms with E-state index in [1.165, 1.54) is 17.4 Å². The molecule has 2 aromatic carbocycles. The van der Waals surface area contributed by atoms with Crippen molar-refractivity contribution in [3.05, 3.63) is 100.0 Å². The van der Waals surface area contributed by atoms with Gasteiger partial charge in [0.15, 0.2) is 5.01 Å². The molecule has 2 heterocycles. The molecule has 2 aromatic heterocycles. The smallest absolute Gasteiger partial charge is 0.326 e. The van der Waals surface area contributed by atoms with Crippen molar-refractivity contribution in [2.24, 2.45) is 0 Å². The molecule has 0 bridgehead atoms. The lowest BCUT2D eigenvalue weighted by molar-refractivity contribution is -0.139. The van der Waals surface area contributed by atoms with Crippen LogP contribution in [0.4, 0.5) is 0 Å². The summed E-state index contributed by atoms with van der Waals surface area (Å²) in [6.45, 7) is 3.98. The summed E-state index contributed by atoms with van der Waals surface area (Å²) in [6.07, 6.45) is 3.76. The highest BCUT2D eigenvalue weighted by Crippen LogP contribution is 2.22. The monoisotopic (exact) mass is 517 g/mol. The number of aryl methyl sites for hydroxylation is 1. The molecule has 37 heavy (non-hydrogen) atoms. The predicted molar refractivity (Wildman–Crippen MR) is 141 cm³/mol. The number of carboxylic acids is 1. The molecule has 0 aliphatic rings. The Balaban J connectivity index is 1.30. The normalized spacial score (nSPS) is 12.2. The number of rotatable bonds is 12. The van der Waals surface area contributed by atoms with Gasteiger partial charge in [0, 0.05) is 41.8 Å². The predicted octanol–water partition coefficient (Wildman–Crippen LogP) is 5.10. The number of aliphatic carboxylic acids is 1. The highest BCUT2D eigenvalue weighted by atomic mass is 32.1. The summed E-state index contributed by atoms with van der Waals surface area (Å²) >= 11 is 1.24. The topological polar surface area (TPSA) is 115 Å². The number of nitrogens with one attached hydrogen (secondary N) is 1. The third-order valence-electron chi connectivity index (χ3n) is 5.57. The third kappa shape index (κ3) is 7.14. The average molecular weight is 518 g/mol. The second-order valence-electron chi connectivity index (χ2n) is 8.40. The molecule has 0 saturated heterocycles. The van der Waals surface area contributed by atoms with Crippen LogP contribution in [0.15, 0.2) is 82.4 Å². The average Bonchev–Trinajstić information content (AvgIpc) is 3.56. The zero-order valence-electron chi connectivity index (χ0n) is 20.5. The Morgan fingerprint density at radius 3 is 2.59 bits per heavy atom. The highest BCUT2D eigenvalue weighted by Gasteiger charge is 2.19. The minimum absolute atomic E-state index is 0.243. The zero-order chi connectivity index (χ0) is 26.2. The summed E-state index contributed by atoms with van der Waals surface area (Å²) < 4.78 is 11.7. The Morgan fingerprint density at radius 1 is 1.16 bits per heavy atom. The van der Waals surface area contributed by atoms with E-state index in [4.69, 9.17) is 9.15 Å². The van der Waals surface area contributed by atoms with Gasteiger partial charge in [-0.25, -0.2) is 14.8 Å². The summed E-state index contributed by atoms with van der Waals surface area (Å²) in [5, 5.41) is 14.6. The molecule has 0 radical (unpaired) electrons. The molecule has 0 aliphatic carbocycles. The summed E-state index contributed by atoms with van der Waals surface area (Å²) in [4.78, 5) is 32.5. The Hall–Kier alpha value is -4.24. The van der Waals surface area contributed by atoms with Crippen molar-refractivity contribution >= 4 is 23.1 Å². The zero-order valence-corrected chi connectivity index (χ0v) is 21.3. The van der Waals surface area contributed by atoms with Crippen LogP contribution < -0.4 is 10.1 Å². The van der Waals surface area contributed by atoms with Gasteiger partial charge in [-0.05, 0) is 43.7 Å². The fraction of sp³-hybridized carbons (Fsp3) is 0.214. The molecule has 0 saturated carbocycles. The van der Waals surface area contributed by atoms with E-state index in [9.17, 15) is 14.7 Å². The van der Waals surface area contributed by atoms with Crippen molar-refractivity contribution in [2.75, 3.05) is 6.61 Å². The number of ketones is 1. The van der Waals surface area contributed by atoms with E-state index in [0.717, 1.165) is 22.6 Å². The highest BCUT2D eigenvalue weighted by molar-refractivity contribution is 7.11. The third-order valence-corrected chi connectivity index (χ3v) is 6.36. The molecule has 0 fully saturated rings. The van der Waals surface area contributed by atoms with Crippen LogP contribution >= 0.6 is 11.3 Å². The number of benzene rings is 2. The van der Waals surface area contributed by atoms with Crippen LogP contribution in [0.5, 0.6) is 5.75 Å². The fourth-order valence-electron chi connectivity index (χ4n) is 3.71. The Bertz CT molecular complexity index is 1360. The number of carboxylic acid groups (broad SMARTS) is 1. The first-order valence-electron chi connectivity index (χ1n) is 11.7. The lowest BCUT2D eigenvalue weighted by Crippen LogP contribution is -2.37. The van der Waals surface area contributed by atoms with E-state index in [-0.39, 0.29) is 12.2 Å². The van der Waals surface area contributed by atoms with Crippen LogP contribution in [0.3, 0.4) is 0 Å². The molecule has 0 spiro atoms. The van der Waals surface area contributed by atoms with Gasteiger partial charge in [-0.2, -0.15) is 0 Å². The molecule has 190 valence electrons. The van der Waals surface area contributed by atoms with Crippen molar-refractivity contribution in [3.8, 4) is 17.2 Å². The molecular weight excluding hydrogens is 490 g/mol. The van der Waals surface area contributed by atoms with Crippen LogP contribution in [0.2, 0.25) is 0 Å². The number of thiazole rings is 1. The van der Waals surface area contributed by atoms with Gasteiger partial charge in [-0.3, -0.25) is 4.79 Å². The quantitative estimate of drug-likeness (QED) is 0.197. The molecule has 9 heteroatoms. The number of carbonyl (C=O) groups is 2. The molecular formula is C28H27N3O5S. The molecule has 0 aliphatic heterocycles. The molecule has 4 rings (SSSR count). The first kappa shape index (κ1) is 25.8. The minimum Gasteiger partial charge on any atom is -0.493 e. The number of oxazole rings is 1. The van der Waals surface area contributed by atoms with E-state index in [1.807, 2.05) is 61.5 Å². The van der Waals surface area contributed by atoms with Gasteiger partial charge in [-0.1, -0.05) is 30.3 Å². The van der Waals surface area contributed by atoms with Gasteiger partial charge in [0.1, 0.15) is 17.6 Å². The van der Waals surface area contributed by atoms with E-state index in [2.05, 4.69) is 15.3 Å². The Kier molecular flexibility index (Phi) is 8.48. The maximum atomic E-state index is 12.2. The number of allylic oxidation sites excluding steroid dienone is 2. The van der Waals surface area contributed by atoms with Gasteiger partial charge in [0.05, 0.1) is 12.3 Å². The SMILES string of the molecule is C/C(=C\C(=O)c1nccs1)N[C@@H](Cc1ccc(OCCc2nc(-c3ccccc3)oc2C)cc1)C(=O)O. The van der Waals surface area contributed by atoms with Crippen LogP contribution in [-0.4, -0.2) is 39.5 Å². The lowest BCUT2D eigenvalue weighted by atomic mass is 10.1. The van der Waals surface area contributed by atoms with Crippen LogP contribution in [0.25, 0.3) is 11.5 Å². The van der Waals surface area contributed by atoms with Crippen molar-refractivity contribution in [1.82, 2.24) is 15.3 Å². The van der Waals surface area contributed by atoms with Crippen molar-refractivity contribution in [3.63, 3.8) is 0 Å². The van der Waals surface area contributed by atoms with Crippen molar-refractivity contribution < 1.29 is 23.8 Å². The van der Waals surface area contributed by atoms with Crippen LogP contribution in [0.1, 0.15) is 33.7 Å². The first-order chi connectivity index (χ1) is 17.9. The van der Waals surface area contributed by atoms with Gasteiger partial charge in [-0.15, -0.1) is 11.3 Å². The second-order valence-corrected chi connectivity index (χ2v) is 9.29. The molecule has 1 atom stereocenters.